The van der Waals surface area contributed by atoms with Crippen LogP contribution >= 0.6 is 0 Å². The van der Waals surface area contributed by atoms with E-state index < -0.39 is 0 Å². The van der Waals surface area contributed by atoms with Crippen LogP contribution in [0.5, 0.6) is 11.5 Å². The second-order valence-electron chi connectivity index (χ2n) is 3.71. The zero-order chi connectivity index (χ0) is 12.7. The molecule has 0 aliphatic rings. The molecular formula is C13H17NO3. The van der Waals surface area contributed by atoms with E-state index in [2.05, 4.69) is 4.99 Å². The molecule has 0 spiro atoms. The van der Waals surface area contributed by atoms with Crippen LogP contribution in [-0.4, -0.2) is 26.8 Å². The Bertz CT molecular complexity index is 423. The maximum absolute atomic E-state index is 9.95. The normalized spacial score (nSPS) is 9.59. The zero-order valence-electron chi connectivity index (χ0n) is 10.4. The molecule has 0 saturated heterocycles. The number of rotatable bonds is 6. The molecule has 0 aromatic heterocycles. The Morgan fingerprint density at radius 2 is 1.94 bits per heavy atom. The van der Waals surface area contributed by atoms with Gasteiger partial charge in [0.1, 0.15) is 11.5 Å². The predicted octanol–water partition coefficient (Wildman–Crippen LogP) is 2.28. The van der Waals surface area contributed by atoms with E-state index in [1.54, 1.807) is 14.2 Å². The van der Waals surface area contributed by atoms with E-state index in [0.717, 1.165) is 35.5 Å². The van der Waals surface area contributed by atoms with Gasteiger partial charge in [-0.05, 0) is 43.0 Å². The minimum Gasteiger partial charge on any atom is -0.496 e. The van der Waals surface area contributed by atoms with E-state index in [1.165, 1.54) is 6.08 Å². The van der Waals surface area contributed by atoms with Gasteiger partial charge in [-0.15, -0.1) is 0 Å². The minimum absolute atomic E-state index is 0.489. The first-order chi connectivity index (χ1) is 8.22. The molecule has 0 atom stereocenters. The van der Waals surface area contributed by atoms with Gasteiger partial charge in [0, 0.05) is 0 Å². The molecule has 92 valence electrons. The Labute approximate surface area is 101 Å². The number of ether oxygens (including phenoxy) is 2. The summed E-state index contributed by atoms with van der Waals surface area (Å²) in [7, 11) is 3.30. The summed E-state index contributed by atoms with van der Waals surface area (Å²) in [6.07, 6.45) is 3.12. The Balaban J connectivity index is 2.84. The highest BCUT2D eigenvalue weighted by Crippen LogP contribution is 2.29. The number of methoxy groups -OCH3 is 2. The smallest absolute Gasteiger partial charge is 0.234 e. The van der Waals surface area contributed by atoms with E-state index in [0.29, 0.717) is 6.54 Å². The fourth-order valence-corrected chi connectivity index (χ4v) is 1.70. The number of hydrogen-bond acceptors (Lipinski definition) is 4. The lowest BCUT2D eigenvalue weighted by Gasteiger charge is -2.12. The number of nitrogens with zero attached hydrogens (tertiary/aromatic N) is 1. The largest absolute Gasteiger partial charge is 0.496 e. The van der Waals surface area contributed by atoms with Crippen LogP contribution in [0.25, 0.3) is 0 Å². The zero-order valence-corrected chi connectivity index (χ0v) is 10.4. The number of benzene rings is 1. The highest BCUT2D eigenvalue weighted by Gasteiger charge is 2.08. The second-order valence-corrected chi connectivity index (χ2v) is 3.71. The molecule has 0 bridgehead atoms. The van der Waals surface area contributed by atoms with Crippen LogP contribution in [0.1, 0.15) is 17.5 Å². The summed E-state index contributed by atoms with van der Waals surface area (Å²) in [6.45, 7) is 2.46. The third-order valence-corrected chi connectivity index (χ3v) is 2.58. The Kier molecular flexibility index (Phi) is 5.24. The molecule has 1 rings (SSSR count). The summed E-state index contributed by atoms with van der Waals surface area (Å²) < 4.78 is 10.6. The first-order valence-electron chi connectivity index (χ1n) is 5.48. The topological polar surface area (TPSA) is 47.9 Å². The molecule has 0 radical (unpaired) electrons. The number of isocyanates is 1. The van der Waals surface area contributed by atoms with Crippen molar-refractivity contribution in [1.29, 1.82) is 0 Å². The molecule has 0 N–H and O–H groups in total. The number of hydrogen-bond donors (Lipinski definition) is 0. The van der Waals surface area contributed by atoms with Crippen LogP contribution in [0.15, 0.2) is 17.1 Å². The molecule has 1 aromatic carbocycles. The Hall–Kier alpha value is -1.80. The van der Waals surface area contributed by atoms with Crippen molar-refractivity contribution in [2.75, 3.05) is 20.8 Å². The average molecular weight is 235 g/mol. The van der Waals surface area contributed by atoms with E-state index in [4.69, 9.17) is 9.47 Å². The molecule has 0 saturated carbocycles. The molecule has 17 heavy (non-hydrogen) atoms. The fraction of sp³-hybridized carbons (Fsp3) is 0.462. The quantitative estimate of drug-likeness (QED) is 0.432. The van der Waals surface area contributed by atoms with Gasteiger partial charge in [-0.3, -0.25) is 0 Å². The fourth-order valence-electron chi connectivity index (χ4n) is 1.70. The summed E-state index contributed by atoms with van der Waals surface area (Å²) in [5, 5.41) is 0. The lowest BCUT2D eigenvalue weighted by atomic mass is 10.1. The third kappa shape index (κ3) is 3.61. The first kappa shape index (κ1) is 13.3. The van der Waals surface area contributed by atoms with Crippen LogP contribution in [0.3, 0.4) is 0 Å². The van der Waals surface area contributed by atoms with Gasteiger partial charge >= 0.3 is 0 Å². The van der Waals surface area contributed by atoms with Gasteiger partial charge in [0.2, 0.25) is 6.08 Å². The van der Waals surface area contributed by atoms with Crippen molar-refractivity contribution in [3.63, 3.8) is 0 Å². The van der Waals surface area contributed by atoms with E-state index in [1.807, 2.05) is 19.1 Å². The summed E-state index contributed by atoms with van der Waals surface area (Å²) in [5.41, 5.74) is 2.11. The van der Waals surface area contributed by atoms with Gasteiger partial charge in [-0.1, -0.05) is 0 Å². The molecule has 0 aliphatic heterocycles. The SMILES string of the molecule is COc1cc(CCCN=C=O)c(OC)cc1C. The van der Waals surface area contributed by atoms with Gasteiger partial charge in [0.15, 0.2) is 0 Å². The van der Waals surface area contributed by atoms with Gasteiger partial charge in [0.25, 0.3) is 0 Å². The maximum Gasteiger partial charge on any atom is 0.234 e. The lowest BCUT2D eigenvalue weighted by molar-refractivity contribution is 0.396. The van der Waals surface area contributed by atoms with E-state index in [9.17, 15) is 4.79 Å². The number of carbonyl (C=O) groups excluding carboxylic acids is 1. The molecule has 0 aliphatic carbocycles. The number of aryl methyl sites for hydroxylation is 2. The van der Waals surface area contributed by atoms with E-state index >= 15 is 0 Å². The molecule has 4 nitrogen and oxygen atoms in total. The van der Waals surface area contributed by atoms with Crippen LogP contribution in [0.4, 0.5) is 0 Å². The highest BCUT2D eigenvalue weighted by molar-refractivity contribution is 5.46. The average Bonchev–Trinajstić information content (AvgIpc) is 2.35. The highest BCUT2D eigenvalue weighted by atomic mass is 16.5. The summed E-state index contributed by atoms with van der Waals surface area (Å²) in [4.78, 5) is 13.5. The minimum atomic E-state index is 0.489. The van der Waals surface area contributed by atoms with Crippen LogP contribution in [0.2, 0.25) is 0 Å². The predicted molar refractivity (Wildman–Crippen MR) is 65.6 cm³/mol. The van der Waals surface area contributed by atoms with Crippen molar-refractivity contribution in [2.45, 2.75) is 19.8 Å². The van der Waals surface area contributed by atoms with E-state index in [-0.39, 0.29) is 0 Å². The van der Waals surface area contributed by atoms with Crippen molar-refractivity contribution < 1.29 is 14.3 Å². The summed E-state index contributed by atoms with van der Waals surface area (Å²) in [5.74, 6) is 1.69. The van der Waals surface area contributed by atoms with Crippen molar-refractivity contribution in [2.24, 2.45) is 4.99 Å². The summed E-state index contributed by atoms with van der Waals surface area (Å²) >= 11 is 0. The van der Waals surface area contributed by atoms with Crippen LogP contribution < -0.4 is 9.47 Å². The summed E-state index contributed by atoms with van der Waals surface area (Å²) in [6, 6.07) is 3.93. The van der Waals surface area contributed by atoms with Crippen molar-refractivity contribution in [3.8, 4) is 11.5 Å². The van der Waals surface area contributed by atoms with Gasteiger partial charge < -0.3 is 9.47 Å². The molecule has 0 amide bonds. The molecular weight excluding hydrogens is 218 g/mol. The van der Waals surface area contributed by atoms with Gasteiger partial charge in [0.05, 0.1) is 20.8 Å². The molecule has 0 heterocycles. The Morgan fingerprint density at radius 3 is 2.53 bits per heavy atom. The maximum atomic E-state index is 9.95. The molecule has 4 heteroatoms. The number of aliphatic imine (C=N–C) groups is 1. The Morgan fingerprint density at radius 1 is 1.24 bits per heavy atom. The molecule has 1 aromatic rings. The monoisotopic (exact) mass is 235 g/mol. The third-order valence-electron chi connectivity index (χ3n) is 2.58. The lowest BCUT2D eigenvalue weighted by Crippen LogP contribution is -1.97. The van der Waals surface area contributed by atoms with Gasteiger partial charge in [-0.25, -0.2) is 9.79 Å². The molecule has 0 fully saturated rings. The standard InChI is InChI=1S/C13H17NO3/c1-10-7-13(17-3)11(8-12(10)16-2)5-4-6-14-9-15/h7-8H,4-6H2,1-3H3. The van der Waals surface area contributed by atoms with Crippen LogP contribution in [0, 0.1) is 6.92 Å². The second kappa shape index (κ2) is 6.71. The first-order valence-corrected chi connectivity index (χ1v) is 5.48. The van der Waals surface area contributed by atoms with Crippen molar-refractivity contribution >= 4 is 6.08 Å². The van der Waals surface area contributed by atoms with Crippen molar-refractivity contribution in [1.82, 2.24) is 0 Å². The van der Waals surface area contributed by atoms with Gasteiger partial charge in [-0.2, -0.15) is 0 Å². The molecule has 0 unspecified atom stereocenters. The van der Waals surface area contributed by atoms with Crippen LogP contribution in [-0.2, 0) is 11.2 Å². The van der Waals surface area contributed by atoms with Crippen molar-refractivity contribution in [3.05, 3.63) is 23.3 Å².